The molecule has 0 bridgehead atoms. The van der Waals surface area contributed by atoms with E-state index < -0.39 is 15.7 Å². The molecule has 0 spiro atoms. The van der Waals surface area contributed by atoms with Crippen LogP contribution in [0.4, 0.5) is 5.82 Å². The van der Waals surface area contributed by atoms with E-state index in [2.05, 4.69) is 0 Å². The van der Waals surface area contributed by atoms with Crippen molar-refractivity contribution in [2.24, 2.45) is 0 Å². The average Bonchev–Trinajstić information content (AvgIpc) is 2.60. The second kappa shape index (κ2) is 7.23. The zero-order valence-corrected chi connectivity index (χ0v) is 15.2. The van der Waals surface area contributed by atoms with Gasteiger partial charge in [0.1, 0.15) is 6.20 Å². The van der Waals surface area contributed by atoms with Gasteiger partial charge in [0.25, 0.3) is 5.82 Å². The van der Waals surface area contributed by atoms with Gasteiger partial charge in [-0.2, -0.15) is 4.90 Å². The van der Waals surface area contributed by atoms with Crippen LogP contribution in [0, 0.1) is 5.21 Å². The van der Waals surface area contributed by atoms with Crippen molar-refractivity contribution in [1.82, 2.24) is 0 Å². The number of benzene rings is 1. The predicted molar refractivity (Wildman–Crippen MR) is 94.1 cm³/mol. The van der Waals surface area contributed by atoms with E-state index in [0.29, 0.717) is 4.73 Å². The summed E-state index contributed by atoms with van der Waals surface area (Å²) >= 11 is 1.41. The van der Waals surface area contributed by atoms with Crippen molar-refractivity contribution in [3.05, 3.63) is 53.4 Å². The van der Waals surface area contributed by atoms with E-state index in [4.69, 9.17) is 0 Å². The molecule has 1 heterocycles. The summed E-state index contributed by atoms with van der Waals surface area (Å²) in [5.41, 5.74) is 0.0517. The molecule has 0 fully saturated rings. The van der Waals surface area contributed by atoms with Crippen molar-refractivity contribution in [3.8, 4) is 0 Å². The molecule has 2 aromatic rings. The number of anilines is 1. The fourth-order valence-electron chi connectivity index (χ4n) is 2.19. The highest BCUT2D eigenvalue weighted by atomic mass is 32.2. The molecule has 0 saturated heterocycles. The van der Waals surface area contributed by atoms with Gasteiger partial charge in [-0.05, 0) is 24.5 Å². The average molecular weight is 366 g/mol. The second-order valence-corrected chi connectivity index (χ2v) is 8.14. The topological polar surface area (TPSA) is 81.4 Å². The SMILES string of the molecule is CCS(=O)(=O)c1ccccc1C(=O)N(C)c1ccc(SC)c[n+]1[O-]. The van der Waals surface area contributed by atoms with Crippen LogP contribution < -0.4 is 9.63 Å². The van der Waals surface area contributed by atoms with Gasteiger partial charge < -0.3 is 5.21 Å². The molecule has 0 atom stereocenters. The lowest BCUT2D eigenvalue weighted by Gasteiger charge is -2.17. The molecule has 0 aliphatic carbocycles. The van der Waals surface area contributed by atoms with E-state index in [1.807, 2.05) is 6.26 Å². The fourth-order valence-corrected chi connectivity index (χ4v) is 3.68. The molecular weight excluding hydrogens is 348 g/mol. The maximum Gasteiger partial charge on any atom is 0.342 e. The van der Waals surface area contributed by atoms with E-state index in [9.17, 15) is 18.4 Å². The molecule has 0 radical (unpaired) electrons. The minimum absolute atomic E-state index is 0.0254. The number of rotatable bonds is 5. The van der Waals surface area contributed by atoms with Crippen LogP contribution in [0.25, 0.3) is 0 Å². The molecule has 0 N–H and O–H groups in total. The highest BCUT2D eigenvalue weighted by molar-refractivity contribution is 7.98. The number of carbonyl (C=O) groups is 1. The zero-order valence-electron chi connectivity index (χ0n) is 13.6. The number of amides is 1. The molecule has 0 saturated carbocycles. The molecular formula is C16H18N2O4S2. The molecule has 1 aromatic heterocycles. The number of hydrogen-bond donors (Lipinski definition) is 0. The van der Waals surface area contributed by atoms with E-state index in [1.54, 1.807) is 18.2 Å². The van der Waals surface area contributed by atoms with E-state index >= 15 is 0 Å². The Balaban J connectivity index is 2.47. The highest BCUT2D eigenvalue weighted by Gasteiger charge is 2.28. The quantitative estimate of drug-likeness (QED) is 0.460. The standard InChI is InChI=1S/C16H18N2O4S2/c1-4-24(21,22)14-8-6-5-7-13(14)16(19)17(2)15-10-9-12(23-3)11-18(15)20/h5-11H,4H2,1-3H3. The summed E-state index contributed by atoms with van der Waals surface area (Å²) in [5.74, 6) is -0.532. The largest absolute Gasteiger partial charge is 0.711 e. The Labute approximate surface area is 145 Å². The van der Waals surface area contributed by atoms with Crippen LogP contribution >= 0.6 is 11.8 Å². The van der Waals surface area contributed by atoms with Crippen LogP contribution in [-0.2, 0) is 9.84 Å². The van der Waals surface area contributed by atoms with Crippen LogP contribution in [0.3, 0.4) is 0 Å². The van der Waals surface area contributed by atoms with Crippen molar-refractivity contribution in [3.63, 3.8) is 0 Å². The van der Waals surface area contributed by atoms with Crippen LogP contribution in [0.5, 0.6) is 0 Å². The van der Waals surface area contributed by atoms with Crippen LogP contribution in [0.2, 0.25) is 0 Å². The monoisotopic (exact) mass is 366 g/mol. The first-order chi connectivity index (χ1) is 11.3. The van der Waals surface area contributed by atoms with E-state index in [1.165, 1.54) is 50.1 Å². The van der Waals surface area contributed by atoms with E-state index in [0.717, 1.165) is 9.80 Å². The first kappa shape index (κ1) is 18.3. The van der Waals surface area contributed by atoms with Gasteiger partial charge in [-0.25, -0.2) is 17.9 Å². The Bertz CT molecular complexity index is 866. The van der Waals surface area contributed by atoms with Crippen molar-refractivity contribution in [2.45, 2.75) is 16.7 Å². The molecule has 8 heteroatoms. The summed E-state index contributed by atoms with van der Waals surface area (Å²) in [4.78, 5) is 14.6. The molecule has 1 amide bonds. The summed E-state index contributed by atoms with van der Waals surface area (Å²) in [7, 11) is -2.10. The Kier molecular flexibility index (Phi) is 5.51. The van der Waals surface area contributed by atoms with Gasteiger partial charge in [-0.3, -0.25) is 0 Å². The Morgan fingerprint density at radius 3 is 2.50 bits per heavy atom. The first-order valence-electron chi connectivity index (χ1n) is 7.19. The van der Waals surface area contributed by atoms with Gasteiger partial charge in [0.05, 0.1) is 23.3 Å². The molecule has 0 aliphatic rings. The lowest BCUT2D eigenvalue weighted by molar-refractivity contribution is -0.593. The van der Waals surface area contributed by atoms with Gasteiger partial charge in [-0.1, -0.05) is 19.1 Å². The number of pyridine rings is 1. The molecule has 1 aromatic carbocycles. The molecule has 6 nitrogen and oxygen atoms in total. The Morgan fingerprint density at radius 1 is 1.25 bits per heavy atom. The fraction of sp³-hybridized carbons (Fsp3) is 0.250. The van der Waals surface area contributed by atoms with Gasteiger partial charge in [0.2, 0.25) is 0 Å². The Morgan fingerprint density at radius 2 is 1.92 bits per heavy atom. The van der Waals surface area contributed by atoms with Crippen LogP contribution in [0.1, 0.15) is 17.3 Å². The first-order valence-corrected chi connectivity index (χ1v) is 10.1. The third-order valence-corrected chi connectivity index (χ3v) is 6.08. The third kappa shape index (κ3) is 3.54. The summed E-state index contributed by atoms with van der Waals surface area (Å²) in [6, 6.07) is 9.29. The number of hydrogen-bond acceptors (Lipinski definition) is 5. The van der Waals surface area contributed by atoms with Crippen LogP contribution in [0.15, 0.2) is 52.4 Å². The second-order valence-electron chi connectivity index (χ2n) is 5.02. The normalized spacial score (nSPS) is 11.3. The zero-order chi connectivity index (χ0) is 17.9. The third-order valence-electron chi connectivity index (χ3n) is 3.58. The molecule has 128 valence electrons. The summed E-state index contributed by atoms with van der Waals surface area (Å²) in [6.07, 6.45) is 3.22. The van der Waals surface area contributed by atoms with E-state index in [-0.39, 0.29) is 22.0 Å². The molecule has 2 rings (SSSR count). The van der Waals surface area contributed by atoms with Crippen molar-refractivity contribution in [1.29, 1.82) is 0 Å². The minimum Gasteiger partial charge on any atom is -0.711 e. The summed E-state index contributed by atoms with van der Waals surface area (Å²) in [5, 5.41) is 12.1. The number of carbonyl (C=O) groups excluding carboxylic acids is 1. The summed E-state index contributed by atoms with van der Waals surface area (Å²) in [6.45, 7) is 1.52. The maximum atomic E-state index is 12.7. The van der Waals surface area contributed by atoms with Gasteiger partial charge in [0, 0.05) is 11.0 Å². The lowest BCUT2D eigenvalue weighted by Crippen LogP contribution is -2.39. The van der Waals surface area contributed by atoms with Crippen molar-refractivity contribution >= 4 is 33.3 Å². The number of thioether (sulfide) groups is 1. The minimum atomic E-state index is -3.55. The van der Waals surface area contributed by atoms with Gasteiger partial charge in [-0.15, -0.1) is 11.8 Å². The molecule has 0 unspecified atom stereocenters. The smallest absolute Gasteiger partial charge is 0.342 e. The number of nitrogens with zero attached hydrogens (tertiary/aromatic N) is 2. The Hall–Kier alpha value is -2.06. The number of sulfone groups is 1. The highest BCUT2D eigenvalue weighted by Crippen LogP contribution is 2.21. The van der Waals surface area contributed by atoms with Gasteiger partial charge in [0.15, 0.2) is 9.84 Å². The molecule has 24 heavy (non-hydrogen) atoms. The van der Waals surface area contributed by atoms with Crippen molar-refractivity contribution in [2.75, 3.05) is 24.0 Å². The maximum absolute atomic E-state index is 12.7. The lowest BCUT2D eigenvalue weighted by atomic mass is 10.2. The summed E-state index contributed by atoms with van der Waals surface area (Å²) < 4.78 is 25.0. The van der Waals surface area contributed by atoms with Gasteiger partial charge >= 0.3 is 5.91 Å². The number of aromatic nitrogens is 1. The van der Waals surface area contributed by atoms with Crippen LogP contribution in [-0.4, -0.2) is 33.4 Å². The van der Waals surface area contributed by atoms with Crippen molar-refractivity contribution < 1.29 is 17.9 Å². The predicted octanol–water partition coefficient (Wildman–Crippen LogP) is 2.11. The molecule has 0 aliphatic heterocycles.